The molecule has 1 unspecified atom stereocenters. The SMILES string of the molecule is O=C(O)CC(CN1CCCC1)c1ccc(Br)s1. The van der Waals surface area contributed by atoms with Gasteiger partial charge in [0.2, 0.25) is 0 Å². The van der Waals surface area contributed by atoms with Crippen molar-refractivity contribution in [2.24, 2.45) is 0 Å². The molecule has 94 valence electrons. The molecule has 1 atom stereocenters. The van der Waals surface area contributed by atoms with Gasteiger partial charge < -0.3 is 10.0 Å². The fourth-order valence-corrected chi connectivity index (χ4v) is 3.81. The maximum Gasteiger partial charge on any atom is 0.304 e. The van der Waals surface area contributed by atoms with Crippen LogP contribution in [-0.2, 0) is 4.79 Å². The number of carboxylic acids is 1. The summed E-state index contributed by atoms with van der Waals surface area (Å²) >= 11 is 5.08. The van der Waals surface area contributed by atoms with E-state index in [0.717, 1.165) is 23.4 Å². The van der Waals surface area contributed by atoms with Gasteiger partial charge in [-0.05, 0) is 54.0 Å². The summed E-state index contributed by atoms with van der Waals surface area (Å²) in [6, 6.07) is 4.04. The Hall–Kier alpha value is -0.390. The number of hydrogen-bond acceptors (Lipinski definition) is 3. The zero-order valence-electron chi connectivity index (χ0n) is 9.56. The number of likely N-dealkylation sites (tertiary alicyclic amines) is 1. The van der Waals surface area contributed by atoms with E-state index in [2.05, 4.69) is 20.8 Å². The minimum absolute atomic E-state index is 0.127. The molecule has 1 N–H and O–H groups in total. The Balaban J connectivity index is 2.04. The molecule has 2 heterocycles. The van der Waals surface area contributed by atoms with Crippen LogP contribution in [0.25, 0.3) is 0 Å². The fraction of sp³-hybridized carbons (Fsp3) is 0.583. The molecule has 1 fully saturated rings. The molecule has 0 saturated carbocycles. The van der Waals surface area contributed by atoms with Crippen LogP contribution in [0.15, 0.2) is 15.9 Å². The van der Waals surface area contributed by atoms with Gasteiger partial charge in [0.25, 0.3) is 0 Å². The van der Waals surface area contributed by atoms with Crippen molar-refractivity contribution in [2.45, 2.75) is 25.2 Å². The molecule has 17 heavy (non-hydrogen) atoms. The molecule has 2 rings (SSSR count). The van der Waals surface area contributed by atoms with E-state index in [-0.39, 0.29) is 12.3 Å². The van der Waals surface area contributed by atoms with Gasteiger partial charge in [-0.2, -0.15) is 0 Å². The predicted molar refractivity (Wildman–Crippen MR) is 72.7 cm³/mol. The molecule has 0 aromatic carbocycles. The van der Waals surface area contributed by atoms with Crippen molar-refractivity contribution in [3.8, 4) is 0 Å². The highest BCUT2D eigenvalue weighted by Crippen LogP contribution is 2.31. The van der Waals surface area contributed by atoms with Crippen molar-refractivity contribution in [1.82, 2.24) is 4.90 Å². The fourth-order valence-electron chi connectivity index (χ4n) is 2.29. The quantitative estimate of drug-likeness (QED) is 0.906. The molecular formula is C12H16BrNO2S. The Kier molecular flexibility index (Phi) is 4.59. The van der Waals surface area contributed by atoms with Gasteiger partial charge in [0, 0.05) is 17.3 Å². The second-order valence-electron chi connectivity index (χ2n) is 4.44. The lowest BCUT2D eigenvalue weighted by atomic mass is 10.0. The molecule has 0 spiro atoms. The van der Waals surface area contributed by atoms with Crippen LogP contribution in [0.4, 0.5) is 0 Å². The van der Waals surface area contributed by atoms with Crippen LogP contribution in [0.3, 0.4) is 0 Å². The van der Waals surface area contributed by atoms with Crippen molar-refractivity contribution >= 4 is 33.2 Å². The number of carboxylic acid groups (broad SMARTS) is 1. The van der Waals surface area contributed by atoms with Gasteiger partial charge in [0.05, 0.1) is 10.2 Å². The predicted octanol–water partition coefficient (Wildman–Crippen LogP) is 3.16. The smallest absolute Gasteiger partial charge is 0.304 e. The molecule has 0 amide bonds. The molecule has 0 radical (unpaired) electrons. The Morgan fingerprint density at radius 2 is 2.18 bits per heavy atom. The molecule has 1 aliphatic rings. The second kappa shape index (κ2) is 5.98. The molecule has 1 saturated heterocycles. The summed E-state index contributed by atoms with van der Waals surface area (Å²) in [5.74, 6) is -0.583. The van der Waals surface area contributed by atoms with Crippen LogP contribution < -0.4 is 0 Å². The van der Waals surface area contributed by atoms with Crippen molar-refractivity contribution in [3.05, 3.63) is 20.8 Å². The average molecular weight is 318 g/mol. The first-order valence-corrected chi connectivity index (χ1v) is 7.45. The summed E-state index contributed by atoms with van der Waals surface area (Å²) in [7, 11) is 0. The molecule has 1 aliphatic heterocycles. The number of halogens is 1. The molecule has 1 aromatic heterocycles. The number of hydrogen-bond donors (Lipinski definition) is 1. The van der Waals surface area contributed by atoms with Crippen LogP contribution in [0, 0.1) is 0 Å². The van der Waals surface area contributed by atoms with Gasteiger partial charge in [-0.15, -0.1) is 11.3 Å². The molecule has 0 bridgehead atoms. The Bertz CT molecular complexity index is 388. The first kappa shape index (κ1) is 13.1. The Morgan fingerprint density at radius 3 is 2.71 bits per heavy atom. The maximum atomic E-state index is 10.9. The van der Waals surface area contributed by atoms with Gasteiger partial charge in [-0.25, -0.2) is 0 Å². The van der Waals surface area contributed by atoms with E-state index in [9.17, 15) is 4.79 Å². The molecule has 0 aliphatic carbocycles. The summed E-state index contributed by atoms with van der Waals surface area (Å²) in [4.78, 5) is 14.5. The van der Waals surface area contributed by atoms with E-state index in [1.54, 1.807) is 11.3 Å². The highest BCUT2D eigenvalue weighted by Gasteiger charge is 2.22. The summed E-state index contributed by atoms with van der Waals surface area (Å²) in [5.41, 5.74) is 0. The average Bonchev–Trinajstić information content (AvgIpc) is 2.87. The van der Waals surface area contributed by atoms with Gasteiger partial charge in [-0.3, -0.25) is 4.79 Å². The summed E-state index contributed by atoms with van der Waals surface area (Å²) in [5, 5.41) is 9.00. The van der Waals surface area contributed by atoms with Gasteiger partial charge in [0.15, 0.2) is 0 Å². The maximum absolute atomic E-state index is 10.9. The number of thiophene rings is 1. The third-order valence-corrected chi connectivity index (χ3v) is 4.88. The molecule has 1 aromatic rings. The van der Waals surface area contributed by atoms with E-state index in [1.165, 1.54) is 17.7 Å². The third kappa shape index (κ3) is 3.79. The summed E-state index contributed by atoms with van der Waals surface area (Å²) in [6.07, 6.45) is 2.71. The number of aliphatic carboxylic acids is 1. The highest BCUT2D eigenvalue weighted by molar-refractivity contribution is 9.11. The van der Waals surface area contributed by atoms with Crippen molar-refractivity contribution in [2.75, 3.05) is 19.6 Å². The Labute approximate surface area is 114 Å². The Morgan fingerprint density at radius 1 is 1.47 bits per heavy atom. The topological polar surface area (TPSA) is 40.5 Å². The minimum atomic E-state index is -0.710. The standard InChI is InChI=1S/C12H16BrNO2S/c13-11-4-3-10(17-11)9(7-12(15)16)8-14-5-1-2-6-14/h3-4,9H,1-2,5-8H2,(H,15,16). The molecule has 3 nitrogen and oxygen atoms in total. The van der Waals surface area contributed by atoms with Gasteiger partial charge >= 0.3 is 5.97 Å². The number of rotatable bonds is 5. The number of carbonyl (C=O) groups is 1. The third-order valence-electron chi connectivity index (χ3n) is 3.09. The van der Waals surface area contributed by atoms with Gasteiger partial charge in [0.1, 0.15) is 0 Å². The van der Waals surface area contributed by atoms with Gasteiger partial charge in [-0.1, -0.05) is 0 Å². The van der Waals surface area contributed by atoms with Crippen LogP contribution in [-0.4, -0.2) is 35.6 Å². The van der Waals surface area contributed by atoms with E-state index in [0.29, 0.717) is 0 Å². The van der Waals surface area contributed by atoms with Crippen LogP contribution in [0.2, 0.25) is 0 Å². The van der Waals surface area contributed by atoms with E-state index in [1.807, 2.05) is 12.1 Å². The minimum Gasteiger partial charge on any atom is -0.481 e. The summed E-state index contributed by atoms with van der Waals surface area (Å²) in [6.45, 7) is 3.10. The van der Waals surface area contributed by atoms with Crippen LogP contribution in [0.5, 0.6) is 0 Å². The summed E-state index contributed by atoms with van der Waals surface area (Å²) < 4.78 is 1.07. The lowest BCUT2D eigenvalue weighted by Crippen LogP contribution is -2.26. The van der Waals surface area contributed by atoms with E-state index in [4.69, 9.17) is 5.11 Å². The zero-order chi connectivity index (χ0) is 12.3. The van der Waals surface area contributed by atoms with E-state index < -0.39 is 5.97 Å². The monoisotopic (exact) mass is 317 g/mol. The first-order chi connectivity index (χ1) is 8.15. The van der Waals surface area contributed by atoms with E-state index >= 15 is 0 Å². The largest absolute Gasteiger partial charge is 0.481 e. The van der Waals surface area contributed by atoms with Crippen molar-refractivity contribution < 1.29 is 9.90 Å². The van der Waals surface area contributed by atoms with Crippen LogP contribution >= 0.6 is 27.3 Å². The van der Waals surface area contributed by atoms with Crippen molar-refractivity contribution in [1.29, 1.82) is 0 Å². The van der Waals surface area contributed by atoms with Crippen LogP contribution in [0.1, 0.15) is 30.1 Å². The number of nitrogens with zero attached hydrogens (tertiary/aromatic N) is 1. The first-order valence-electron chi connectivity index (χ1n) is 5.84. The molecule has 5 heteroatoms. The lowest BCUT2D eigenvalue weighted by Gasteiger charge is -2.21. The zero-order valence-corrected chi connectivity index (χ0v) is 12.0. The highest BCUT2D eigenvalue weighted by atomic mass is 79.9. The molecular weight excluding hydrogens is 302 g/mol. The normalized spacial score (nSPS) is 18.4. The second-order valence-corrected chi connectivity index (χ2v) is 6.94. The lowest BCUT2D eigenvalue weighted by molar-refractivity contribution is -0.137. The van der Waals surface area contributed by atoms with Crippen molar-refractivity contribution in [3.63, 3.8) is 0 Å².